The van der Waals surface area contributed by atoms with Gasteiger partial charge in [-0.15, -0.1) is 6.58 Å². The molecule has 0 aromatic heterocycles. The molecule has 0 bridgehead atoms. The molecule has 126 valence electrons. The Morgan fingerprint density at radius 3 is 2.65 bits per heavy atom. The minimum atomic E-state index is -3.64. The number of rotatable bonds is 6. The van der Waals surface area contributed by atoms with Gasteiger partial charge < -0.3 is 11.1 Å². The van der Waals surface area contributed by atoms with Crippen molar-refractivity contribution in [1.82, 2.24) is 10.0 Å². The molecule has 0 saturated heterocycles. The summed E-state index contributed by atoms with van der Waals surface area (Å²) in [5, 5.41) is 2.95. The summed E-state index contributed by atoms with van der Waals surface area (Å²) in [5.74, 6) is -0.258. The van der Waals surface area contributed by atoms with Crippen LogP contribution in [0.4, 0.5) is 0 Å². The van der Waals surface area contributed by atoms with Crippen LogP contribution in [-0.2, 0) is 10.0 Å². The van der Waals surface area contributed by atoms with Gasteiger partial charge in [0.15, 0.2) is 0 Å². The predicted molar refractivity (Wildman–Crippen MR) is 89.5 cm³/mol. The average Bonchev–Trinajstić information content (AvgIpc) is 2.55. The Bertz CT molecular complexity index is 665. The third-order valence-electron chi connectivity index (χ3n) is 3.93. The molecule has 0 atom stereocenters. The minimum absolute atomic E-state index is 0.0673. The van der Waals surface area contributed by atoms with E-state index in [1.165, 1.54) is 18.2 Å². The molecule has 1 amide bonds. The second-order valence-corrected chi connectivity index (χ2v) is 7.52. The fraction of sp³-hybridized carbons (Fsp3) is 0.438. The molecule has 0 radical (unpaired) electrons. The Labute approximate surface area is 137 Å². The number of nitrogens with two attached hydrogens (primary N) is 1. The lowest BCUT2D eigenvalue weighted by atomic mass is 9.91. The van der Waals surface area contributed by atoms with E-state index in [1.54, 1.807) is 12.1 Å². The first-order valence-electron chi connectivity index (χ1n) is 7.69. The molecule has 1 saturated carbocycles. The first kappa shape index (κ1) is 17.7. The Balaban J connectivity index is 2.07. The fourth-order valence-corrected chi connectivity index (χ4v) is 3.63. The van der Waals surface area contributed by atoms with Crippen LogP contribution in [0.25, 0.3) is 0 Å². The van der Waals surface area contributed by atoms with Gasteiger partial charge in [-0.05, 0) is 43.9 Å². The number of hydrogen-bond donors (Lipinski definition) is 3. The number of nitrogens with one attached hydrogen (secondary N) is 2. The first-order valence-corrected chi connectivity index (χ1v) is 9.18. The maximum atomic E-state index is 12.3. The first-order chi connectivity index (χ1) is 10.9. The van der Waals surface area contributed by atoms with Crippen molar-refractivity contribution in [3.63, 3.8) is 0 Å². The fourth-order valence-electron chi connectivity index (χ4n) is 2.59. The molecule has 23 heavy (non-hydrogen) atoms. The Morgan fingerprint density at radius 1 is 1.30 bits per heavy atom. The number of sulfonamides is 1. The summed E-state index contributed by atoms with van der Waals surface area (Å²) in [5.41, 5.74) is 6.19. The molecule has 1 fully saturated rings. The lowest BCUT2D eigenvalue weighted by molar-refractivity contribution is 0.0925. The highest BCUT2D eigenvalue weighted by molar-refractivity contribution is 7.89. The molecule has 6 nitrogen and oxygen atoms in total. The smallest absolute Gasteiger partial charge is 0.251 e. The van der Waals surface area contributed by atoms with E-state index in [4.69, 9.17) is 5.73 Å². The molecule has 0 aliphatic heterocycles. The molecule has 4 N–H and O–H groups in total. The van der Waals surface area contributed by atoms with Gasteiger partial charge in [0.25, 0.3) is 5.91 Å². The van der Waals surface area contributed by atoms with Gasteiger partial charge in [-0.25, -0.2) is 13.1 Å². The van der Waals surface area contributed by atoms with Crippen LogP contribution in [0.15, 0.2) is 41.8 Å². The van der Waals surface area contributed by atoms with Crippen LogP contribution in [0.1, 0.15) is 36.0 Å². The summed E-state index contributed by atoms with van der Waals surface area (Å²) in [7, 11) is -3.64. The number of hydrogen-bond acceptors (Lipinski definition) is 4. The third kappa shape index (κ3) is 4.89. The van der Waals surface area contributed by atoms with Crippen LogP contribution in [0.3, 0.4) is 0 Å². The molecule has 1 aromatic rings. The van der Waals surface area contributed by atoms with Gasteiger partial charge in [0, 0.05) is 24.2 Å². The maximum Gasteiger partial charge on any atom is 0.251 e. The molecule has 0 unspecified atom stereocenters. The number of amides is 1. The molecule has 7 heteroatoms. The van der Waals surface area contributed by atoms with Crippen molar-refractivity contribution in [3.05, 3.63) is 42.5 Å². The van der Waals surface area contributed by atoms with Crippen molar-refractivity contribution < 1.29 is 13.2 Å². The Hall–Kier alpha value is -1.70. The molecular formula is C16H23N3O3S. The third-order valence-corrected chi connectivity index (χ3v) is 5.35. The molecule has 1 aromatic carbocycles. The number of benzene rings is 1. The van der Waals surface area contributed by atoms with Crippen molar-refractivity contribution in [2.75, 3.05) is 6.54 Å². The van der Waals surface area contributed by atoms with E-state index >= 15 is 0 Å². The monoisotopic (exact) mass is 337 g/mol. The number of carbonyl (C=O) groups excluding carboxylic acids is 1. The predicted octanol–water partition coefficient (Wildman–Crippen LogP) is 1.15. The van der Waals surface area contributed by atoms with E-state index < -0.39 is 10.0 Å². The molecule has 0 heterocycles. The summed E-state index contributed by atoms with van der Waals surface area (Å²) in [4.78, 5) is 12.4. The summed E-state index contributed by atoms with van der Waals surface area (Å²) in [6, 6.07) is 6.33. The van der Waals surface area contributed by atoms with Gasteiger partial charge in [0.1, 0.15) is 0 Å². The SMILES string of the molecule is C=CCNS(=O)(=O)c1cccc(C(=O)NC2CCC(N)CC2)c1. The summed E-state index contributed by atoms with van der Waals surface area (Å²) < 4.78 is 26.6. The van der Waals surface area contributed by atoms with Crippen LogP contribution in [0.2, 0.25) is 0 Å². The van der Waals surface area contributed by atoms with Gasteiger partial charge >= 0.3 is 0 Å². The standard InChI is InChI=1S/C16H23N3O3S/c1-2-10-18-23(21,22)15-5-3-4-12(11-15)16(20)19-14-8-6-13(17)7-9-14/h2-5,11,13-14,18H,1,6-10,17H2,(H,19,20). The normalized spacial score (nSPS) is 21.6. The summed E-state index contributed by atoms with van der Waals surface area (Å²) in [6.07, 6.45) is 4.95. The van der Waals surface area contributed by atoms with Crippen molar-refractivity contribution >= 4 is 15.9 Å². The zero-order valence-corrected chi connectivity index (χ0v) is 13.8. The van der Waals surface area contributed by atoms with Crippen LogP contribution in [0, 0.1) is 0 Å². The van der Waals surface area contributed by atoms with E-state index in [0.29, 0.717) is 5.56 Å². The molecule has 2 rings (SSSR count). The molecule has 0 spiro atoms. The highest BCUT2D eigenvalue weighted by Gasteiger charge is 2.21. The lowest BCUT2D eigenvalue weighted by Crippen LogP contribution is -2.40. The van der Waals surface area contributed by atoms with Crippen molar-refractivity contribution in [2.24, 2.45) is 5.73 Å². The van der Waals surface area contributed by atoms with Gasteiger partial charge in [-0.3, -0.25) is 4.79 Å². The van der Waals surface area contributed by atoms with Crippen LogP contribution in [-0.4, -0.2) is 33.0 Å². The minimum Gasteiger partial charge on any atom is -0.349 e. The van der Waals surface area contributed by atoms with Crippen LogP contribution < -0.4 is 15.8 Å². The maximum absolute atomic E-state index is 12.3. The van der Waals surface area contributed by atoms with E-state index in [1.807, 2.05) is 0 Å². The summed E-state index contributed by atoms with van der Waals surface area (Å²) >= 11 is 0. The second kappa shape index (κ2) is 7.72. The van der Waals surface area contributed by atoms with Crippen LogP contribution in [0.5, 0.6) is 0 Å². The van der Waals surface area contributed by atoms with Gasteiger partial charge in [0.2, 0.25) is 10.0 Å². The zero-order valence-electron chi connectivity index (χ0n) is 13.0. The largest absolute Gasteiger partial charge is 0.349 e. The lowest BCUT2D eigenvalue weighted by Gasteiger charge is -2.26. The quantitative estimate of drug-likeness (QED) is 0.678. The van der Waals surface area contributed by atoms with Crippen LogP contribution >= 0.6 is 0 Å². The zero-order chi connectivity index (χ0) is 16.9. The van der Waals surface area contributed by atoms with Crippen molar-refractivity contribution in [2.45, 2.75) is 42.7 Å². The van der Waals surface area contributed by atoms with Gasteiger partial charge in [-0.2, -0.15) is 0 Å². The second-order valence-electron chi connectivity index (χ2n) is 5.75. The van der Waals surface area contributed by atoms with Gasteiger partial charge in [-0.1, -0.05) is 12.1 Å². The van der Waals surface area contributed by atoms with Crippen molar-refractivity contribution in [1.29, 1.82) is 0 Å². The van der Waals surface area contributed by atoms with Crippen molar-refractivity contribution in [3.8, 4) is 0 Å². The Kier molecular flexibility index (Phi) is 5.92. The highest BCUT2D eigenvalue weighted by Crippen LogP contribution is 2.18. The van der Waals surface area contributed by atoms with E-state index in [9.17, 15) is 13.2 Å². The number of carbonyl (C=O) groups is 1. The Morgan fingerprint density at radius 2 is 2.00 bits per heavy atom. The average molecular weight is 337 g/mol. The van der Waals surface area contributed by atoms with E-state index in [0.717, 1.165) is 25.7 Å². The molecule has 1 aliphatic carbocycles. The van der Waals surface area contributed by atoms with E-state index in [-0.39, 0.29) is 29.4 Å². The molecular weight excluding hydrogens is 314 g/mol. The molecule has 1 aliphatic rings. The van der Waals surface area contributed by atoms with E-state index in [2.05, 4.69) is 16.6 Å². The topological polar surface area (TPSA) is 101 Å². The van der Waals surface area contributed by atoms with Gasteiger partial charge in [0.05, 0.1) is 4.90 Å². The highest BCUT2D eigenvalue weighted by atomic mass is 32.2. The summed E-state index contributed by atoms with van der Waals surface area (Å²) in [6.45, 7) is 3.61.